The quantitative estimate of drug-likeness (QED) is 0.763. The maximum absolute atomic E-state index is 13.6. The molecule has 2 aliphatic heterocycles. The number of benzene rings is 1. The first-order valence-corrected chi connectivity index (χ1v) is 10.3. The lowest BCUT2D eigenvalue weighted by Crippen LogP contribution is -2.48. The summed E-state index contributed by atoms with van der Waals surface area (Å²) in [5.41, 5.74) is 1.46. The van der Waals surface area contributed by atoms with Crippen LogP contribution < -0.4 is 10.2 Å². The minimum atomic E-state index is -1.33. The number of anilines is 1. The van der Waals surface area contributed by atoms with E-state index in [1.165, 1.54) is 18.9 Å². The van der Waals surface area contributed by atoms with Gasteiger partial charge >= 0.3 is 0 Å². The molecule has 1 aromatic rings. The Balaban J connectivity index is 2.11. The van der Waals surface area contributed by atoms with Crippen LogP contribution in [0.1, 0.15) is 39.7 Å². The van der Waals surface area contributed by atoms with Crippen molar-refractivity contribution in [1.82, 2.24) is 10.3 Å². The summed E-state index contributed by atoms with van der Waals surface area (Å²) in [6.07, 6.45) is 0.835. The van der Waals surface area contributed by atoms with Gasteiger partial charge in [-0.25, -0.2) is 0 Å². The molecule has 0 aliphatic carbocycles. The molecule has 0 saturated heterocycles. The van der Waals surface area contributed by atoms with Crippen LogP contribution in [0.5, 0.6) is 0 Å². The van der Waals surface area contributed by atoms with E-state index in [4.69, 9.17) is 0 Å². The molecule has 144 valence electrons. The molecule has 2 aliphatic rings. The molecular weight excluding hydrogens is 432 g/mol. The number of amides is 3. The second-order valence-electron chi connectivity index (χ2n) is 6.96. The molecule has 0 saturated carbocycles. The maximum Gasteiger partial charge on any atom is 0.270 e. The first-order chi connectivity index (χ1) is 12.7. The molecule has 3 amide bonds. The fourth-order valence-electron chi connectivity index (χ4n) is 3.19. The Kier molecular flexibility index (Phi) is 5.36. The van der Waals surface area contributed by atoms with E-state index in [0.29, 0.717) is 18.0 Å². The van der Waals surface area contributed by atoms with Crippen molar-refractivity contribution in [2.75, 3.05) is 11.4 Å². The summed E-state index contributed by atoms with van der Waals surface area (Å²) in [7, 11) is 0. The summed E-state index contributed by atoms with van der Waals surface area (Å²) >= 11 is 4.55. The van der Waals surface area contributed by atoms with Crippen LogP contribution in [0.4, 0.5) is 5.69 Å². The van der Waals surface area contributed by atoms with E-state index in [0.717, 1.165) is 28.3 Å². The monoisotopic (exact) mass is 452 g/mol. The second kappa shape index (κ2) is 7.27. The Bertz CT molecular complexity index is 857. The van der Waals surface area contributed by atoms with Gasteiger partial charge in [-0.1, -0.05) is 29.8 Å². The molecular formula is C18H21BrN4O3S. The molecule has 1 N–H and O–H groups in total. The van der Waals surface area contributed by atoms with Gasteiger partial charge in [0, 0.05) is 30.4 Å². The average Bonchev–Trinajstić information content (AvgIpc) is 3.04. The summed E-state index contributed by atoms with van der Waals surface area (Å²) in [6.45, 7) is 7.48. The van der Waals surface area contributed by atoms with Crippen molar-refractivity contribution in [2.24, 2.45) is 11.0 Å². The molecule has 9 heteroatoms. The lowest BCUT2D eigenvalue weighted by atomic mass is 10.1. The number of amidine groups is 1. The number of hydrazone groups is 1. The largest absolute Gasteiger partial charge is 0.309 e. The molecule has 1 aromatic carbocycles. The van der Waals surface area contributed by atoms with Gasteiger partial charge in [-0.15, -0.1) is 5.10 Å². The Morgan fingerprint density at radius 2 is 2.04 bits per heavy atom. The zero-order valence-corrected chi connectivity index (χ0v) is 18.0. The Morgan fingerprint density at radius 3 is 2.63 bits per heavy atom. The van der Waals surface area contributed by atoms with Gasteiger partial charge in [0.05, 0.1) is 5.69 Å². The van der Waals surface area contributed by atoms with Gasteiger partial charge in [-0.3, -0.25) is 14.4 Å². The topological polar surface area (TPSA) is 82.1 Å². The number of hydrogen-bond acceptors (Lipinski definition) is 5. The first-order valence-electron chi connectivity index (χ1n) is 8.64. The van der Waals surface area contributed by atoms with Gasteiger partial charge in [0.25, 0.3) is 5.91 Å². The Labute approximate surface area is 170 Å². The van der Waals surface area contributed by atoms with Gasteiger partial charge in [-0.2, -0.15) is 5.01 Å². The molecule has 0 bridgehead atoms. The van der Waals surface area contributed by atoms with Crippen LogP contribution in [-0.2, 0) is 19.3 Å². The molecule has 1 unspecified atom stereocenters. The predicted octanol–water partition coefficient (Wildman–Crippen LogP) is 3.00. The van der Waals surface area contributed by atoms with Crippen molar-refractivity contribution < 1.29 is 14.4 Å². The molecule has 1 atom stereocenters. The fourth-order valence-corrected chi connectivity index (χ4v) is 4.88. The summed E-state index contributed by atoms with van der Waals surface area (Å²) in [5.74, 6) is -0.466. The van der Waals surface area contributed by atoms with E-state index in [-0.39, 0.29) is 22.9 Å². The zero-order chi connectivity index (χ0) is 19.9. The van der Waals surface area contributed by atoms with Crippen molar-refractivity contribution >= 4 is 56.3 Å². The number of fused-ring (bicyclic) bond motifs is 2. The summed E-state index contributed by atoms with van der Waals surface area (Å²) in [6, 6.07) is 5.60. The van der Waals surface area contributed by atoms with Crippen LogP contribution >= 0.6 is 27.7 Å². The van der Waals surface area contributed by atoms with E-state index in [9.17, 15) is 14.4 Å². The number of nitrogens with one attached hydrogen (secondary N) is 1. The van der Waals surface area contributed by atoms with Crippen molar-refractivity contribution in [3.05, 3.63) is 28.2 Å². The number of rotatable bonds is 3. The molecule has 1 spiro atoms. The highest BCUT2D eigenvalue weighted by atomic mass is 79.9. The molecule has 0 aromatic heterocycles. The first kappa shape index (κ1) is 19.9. The third kappa shape index (κ3) is 3.38. The standard InChI is InChI=1S/C18H21BrN4O3S/c1-10(2)7-8-22-15-6-5-13(19)9-14(15)18(16(22)26)23(12(4)25)21-17(27-18)20-11(3)24/h5-6,9-10H,7-8H2,1-4H3,(H,20,21,24). The fraction of sp³-hybridized carbons (Fsp3) is 0.444. The molecule has 7 nitrogen and oxygen atoms in total. The SMILES string of the molecule is CC(=O)NC1=NN(C(C)=O)C2(S1)C(=O)N(CCC(C)C)c1ccc(Br)cc12. The number of nitrogens with zero attached hydrogens (tertiary/aromatic N) is 3. The second-order valence-corrected chi connectivity index (χ2v) is 9.06. The minimum absolute atomic E-state index is 0.222. The molecule has 0 fully saturated rings. The van der Waals surface area contributed by atoms with Gasteiger partial charge in [-0.05, 0) is 42.3 Å². The van der Waals surface area contributed by atoms with E-state index in [1.807, 2.05) is 18.2 Å². The number of hydrogen-bond donors (Lipinski definition) is 1. The molecule has 27 heavy (non-hydrogen) atoms. The molecule has 3 rings (SSSR count). The highest BCUT2D eigenvalue weighted by Gasteiger charge is 2.61. The number of halogens is 1. The predicted molar refractivity (Wildman–Crippen MR) is 109 cm³/mol. The van der Waals surface area contributed by atoms with Crippen LogP contribution in [0.25, 0.3) is 0 Å². The third-order valence-corrected chi connectivity index (χ3v) is 6.13. The third-order valence-electron chi connectivity index (χ3n) is 4.39. The van der Waals surface area contributed by atoms with Crippen LogP contribution in [0, 0.1) is 5.92 Å². The van der Waals surface area contributed by atoms with Crippen molar-refractivity contribution in [2.45, 2.75) is 39.0 Å². The minimum Gasteiger partial charge on any atom is -0.309 e. The van der Waals surface area contributed by atoms with E-state index in [2.05, 4.69) is 40.2 Å². The molecule has 2 heterocycles. The van der Waals surface area contributed by atoms with Gasteiger partial charge in [0.15, 0.2) is 5.17 Å². The summed E-state index contributed by atoms with van der Waals surface area (Å²) in [4.78, 5) is 37.8. The van der Waals surface area contributed by atoms with E-state index < -0.39 is 4.87 Å². The van der Waals surface area contributed by atoms with Crippen LogP contribution in [0.2, 0.25) is 0 Å². The highest BCUT2D eigenvalue weighted by Crippen LogP contribution is 2.55. The lowest BCUT2D eigenvalue weighted by Gasteiger charge is -2.29. The average molecular weight is 453 g/mol. The van der Waals surface area contributed by atoms with E-state index in [1.54, 1.807) is 4.90 Å². The van der Waals surface area contributed by atoms with Gasteiger partial charge in [0.2, 0.25) is 16.7 Å². The Hall–Kier alpha value is -1.87. The zero-order valence-electron chi connectivity index (χ0n) is 15.6. The summed E-state index contributed by atoms with van der Waals surface area (Å²) in [5, 5.41) is 8.27. The number of carbonyl (C=O) groups excluding carboxylic acids is 3. The lowest BCUT2D eigenvalue weighted by molar-refractivity contribution is -0.139. The van der Waals surface area contributed by atoms with Crippen LogP contribution in [0.15, 0.2) is 27.8 Å². The molecule has 0 radical (unpaired) electrons. The van der Waals surface area contributed by atoms with Gasteiger partial charge < -0.3 is 10.2 Å². The van der Waals surface area contributed by atoms with E-state index >= 15 is 0 Å². The van der Waals surface area contributed by atoms with Crippen LogP contribution in [-0.4, -0.2) is 34.4 Å². The van der Waals surface area contributed by atoms with Crippen molar-refractivity contribution in [3.8, 4) is 0 Å². The van der Waals surface area contributed by atoms with Crippen molar-refractivity contribution in [1.29, 1.82) is 0 Å². The van der Waals surface area contributed by atoms with Crippen LogP contribution in [0.3, 0.4) is 0 Å². The smallest absolute Gasteiger partial charge is 0.270 e. The maximum atomic E-state index is 13.6. The number of carbonyl (C=O) groups is 3. The number of thioether (sulfide) groups is 1. The van der Waals surface area contributed by atoms with Gasteiger partial charge in [0.1, 0.15) is 0 Å². The normalized spacial score (nSPS) is 21.1. The van der Waals surface area contributed by atoms with Crippen molar-refractivity contribution in [3.63, 3.8) is 0 Å². The Morgan fingerprint density at radius 1 is 1.33 bits per heavy atom. The highest BCUT2D eigenvalue weighted by molar-refractivity contribution is 9.10. The summed E-state index contributed by atoms with van der Waals surface area (Å²) < 4.78 is 0.802.